The fourth-order valence-corrected chi connectivity index (χ4v) is 7.84. The molecule has 6 atom stereocenters. The molecule has 0 amide bonds. The summed E-state index contributed by atoms with van der Waals surface area (Å²) in [4.78, 5) is 4.30. The van der Waals surface area contributed by atoms with E-state index in [0.29, 0.717) is 18.8 Å². The number of aliphatic imine (C=N–C) groups is 1. The largest absolute Gasteiger partial charge is 0.508 e. The van der Waals surface area contributed by atoms with Crippen molar-refractivity contribution in [1.82, 2.24) is 0 Å². The van der Waals surface area contributed by atoms with Crippen LogP contribution >= 0.6 is 0 Å². The Hall–Kier alpha value is -3.86. The summed E-state index contributed by atoms with van der Waals surface area (Å²) in [5.74, 6) is 0.0667. The van der Waals surface area contributed by atoms with E-state index in [1.165, 1.54) is 0 Å². The Morgan fingerprint density at radius 1 is 0.881 bits per heavy atom. The summed E-state index contributed by atoms with van der Waals surface area (Å²) in [7, 11) is -4.42. The average Bonchev–Trinajstić information content (AvgIpc) is 3.12. The van der Waals surface area contributed by atoms with Gasteiger partial charge in [-0.1, -0.05) is 54.6 Å². The van der Waals surface area contributed by atoms with E-state index in [9.17, 15) is 18.1 Å². The van der Waals surface area contributed by atoms with Crippen molar-refractivity contribution in [3.05, 3.63) is 107 Å². The van der Waals surface area contributed by atoms with Gasteiger partial charge in [0.2, 0.25) is 6.23 Å². The molecule has 1 saturated heterocycles. The predicted molar refractivity (Wildman–Crippen MR) is 160 cm³/mol. The molecule has 220 valence electrons. The van der Waals surface area contributed by atoms with Gasteiger partial charge in [0.05, 0.1) is 5.25 Å². The molecule has 5 aliphatic heterocycles. The summed E-state index contributed by atoms with van der Waals surface area (Å²) in [5.41, 5.74) is 16.0. The number of phenols is 1. The molecule has 6 aliphatic rings. The number of phenolic OH excluding ortho intramolecular Hbond substituents is 1. The van der Waals surface area contributed by atoms with Gasteiger partial charge in [-0.25, -0.2) is 4.99 Å². The minimum absolute atomic E-state index is 0.0894. The van der Waals surface area contributed by atoms with Crippen molar-refractivity contribution >= 4 is 16.1 Å². The highest BCUT2D eigenvalue weighted by atomic mass is 32.2. The first-order valence-electron chi connectivity index (χ1n) is 14.2. The lowest BCUT2D eigenvalue weighted by Crippen LogP contribution is -2.38. The van der Waals surface area contributed by atoms with E-state index in [1.807, 2.05) is 54.6 Å². The molecule has 0 spiro atoms. The molecule has 1 fully saturated rings. The van der Waals surface area contributed by atoms with Gasteiger partial charge in [-0.15, -0.1) is 0 Å². The molecule has 9 rings (SSSR count). The van der Waals surface area contributed by atoms with Gasteiger partial charge in [0.1, 0.15) is 17.6 Å². The van der Waals surface area contributed by atoms with Crippen LogP contribution in [0.3, 0.4) is 0 Å². The number of aromatic hydroxyl groups is 1. The Labute approximate surface area is 245 Å². The van der Waals surface area contributed by atoms with Crippen molar-refractivity contribution in [1.29, 1.82) is 0 Å². The maximum Gasteiger partial charge on any atom is 0.268 e. The van der Waals surface area contributed by atoms with Crippen LogP contribution in [-0.2, 0) is 21.3 Å². The van der Waals surface area contributed by atoms with Crippen molar-refractivity contribution in [3.8, 4) is 11.5 Å². The van der Waals surface area contributed by atoms with E-state index in [1.54, 1.807) is 24.3 Å². The number of nitrogens with zero attached hydrogens (tertiary/aromatic N) is 1. The van der Waals surface area contributed by atoms with E-state index in [0.717, 1.165) is 40.7 Å². The van der Waals surface area contributed by atoms with Gasteiger partial charge in [-0.3, -0.25) is 4.55 Å². The molecule has 0 aromatic heterocycles. The SMILES string of the molecule is NC(N)=NC1Oc2ccc(cc2)CCC(S(=O)(=O)O)C2C=C3CC(CCOC3c3ccc(O)cc3)C2c2ccc1cc2. The standard InChI is InChI=1S/C32H35N3O6S/c33-32(34)35-31-22-6-4-20(5-7-22)29-23-15-16-40-30(21-8-10-25(36)11-9-21)24(17-23)18-27(29)28(42(37,38)39)14-3-19-1-12-26(41-31)13-2-19/h1-2,4-13,18,23,27-31,36H,3,14-17H2,(H4,33,34,35)(H,37,38,39). The van der Waals surface area contributed by atoms with E-state index in [-0.39, 0.29) is 36.1 Å². The third kappa shape index (κ3) is 5.88. The number of ether oxygens (including phenoxy) is 2. The Morgan fingerprint density at radius 2 is 1.55 bits per heavy atom. The maximum absolute atomic E-state index is 13.1. The van der Waals surface area contributed by atoms with Crippen molar-refractivity contribution in [2.75, 3.05) is 6.61 Å². The molecule has 3 aromatic rings. The van der Waals surface area contributed by atoms with Crippen LogP contribution < -0.4 is 16.2 Å². The third-order valence-electron chi connectivity index (χ3n) is 8.71. The molecule has 9 nitrogen and oxygen atoms in total. The van der Waals surface area contributed by atoms with Gasteiger partial charge in [-0.05, 0) is 84.0 Å². The first-order chi connectivity index (χ1) is 20.2. The number of benzene rings is 3. The lowest BCUT2D eigenvalue weighted by atomic mass is 9.66. The molecule has 0 saturated carbocycles. The van der Waals surface area contributed by atoms with E-state index in [4.69, 9.17) is 20.9 Å². The van der Waals surface area contributed by atoms with Crippen molar-refractivity contribution < 1.29 is 27.6 Å². The summed E-state index contributed by atoms with van der Waals surface area (Å²) in [5, 5.41) is 8.81. The molecule has 5 heterocycles. The molecule has 6 bridgehead atoms. The zero-order chi connectivity index (χ0) is 29.4. The lowest BCUT2D eigenvalue weighted by Gasteiger charge is -2.40. The second-order valence-electron chi connectivity index (χ2n) is 11.4. The molecular weight excluding hydrogens is 554 g/mol. The van der Waals surface area contributed by atoms with Gasteiger partial charge in [0, 0.05) is 18.1 Å². The van der Waals surface area contributed by atoms with Crippen LogP contribution in [0.5, 0.6) is 11.5 Å². The fraction of sp³-hybridized carbons (Fsp3) is 0.344. The third-order valence-corrected chi connectivity index (χ3v) is 10.0. The predicted octanol–water partition coefficient (Wildman–Crippen LogP) is 4.75. The Bertz CT molecular complexity index is 1580. The Balaban J connectivity index is 1.49. The van der Waals surface area contributed by atoms with E-state index in [2.05, 4.69) is 4.99 Å². The highest BCUT2D eigenvalue weighted by Crippen LogP contribution is 2.51. The van der Waals surface area contributed by atoms with Crippen molar-refractivity contribution in [2.45, 2.75) is 49.2 Å². The zero-order valence-corrected chi connectivity index (χ0v) is 23.9. The number of aryl methyl sites for hydroxylation is 1. The minimum atomic E-state index is -4.42. The molecule has 42 heavy (non-hydrogen) atoms. The van der Waals surface area contributed by atoms with Crippen LogP contribution in [-0.4, -0.2) is 35.9 Å². The minimum Gasteiger partial charge on any atom is -0.508 e. The van der Waals surface area contributed by atoms with Crippen molar-refractivity contribution in [2.24, 2.45) is 28.3 Å². The molecule has 6 unspecified atom stereocenters. The van der Waals surface area contributed by atoms with Gasteiger partial charge in [-0.2, -0.15) is 8.42 Å². The number of hydrogen-bond donors (Lipinski definition) is 4. The fourth-order valence-electron chi connectivity index (χ4n) is 6.78. The number of nitrogens with two attached hydrogens (primary N) is 2. The number of hydrogen-bond acceptors (Lipinski definition) is 6. The number of allylic oxidation sites excluding steroid dienone is 1. The monoisotopic (exact) mass is 589 g/mol. The number of fused-ring (bicyclic) bond motifs is 2. The van der Waals surface area contributed by atoms with Gasteiger partial charge in [0.15, 0.2) is 5.96 Å². The smallest absolute Gasteiger partial charge is 0.268 e. The van der Waals surface area contributed by atoms with Crippen molar-refractivity contribution in [3.63, 3.8) is 0 Å². The van der Waals surface area contributed by atoms with E-state index < -0.39 is 27.5 Å². The Kier molecular flexibility index (Phi) is 7.69. The van der Waals surface area contributed by atoms with Crippen LogP contribution in [0.4, 0.5) is 0 Å². The van der Waals surface area contributed by atoms with Crippen LogP contribution in [0, 0.1) is 11.8 Å². The van der Waals surface area contributed by atoms with Gasteiger partial charge < -0.3 is 26.0 Å². The number of guanidine groups is 1. The zero-order valence-electron chi connectivity index (χ0n) is 23.0. The molecule has 10 heteroatoms. The highest BCUT2D eigenvalue weighted by Gasteiger charge is 2.45. The van der Waals surface area contributed by atoms with Gasteiger partial charge in [0.25, 0.3) is 10.1 Å². The molecule has 1 aliphatic carbocycles. The first kappa shape index (κ1) is 28.3. The van der Waals surface area contributed by atoms with Crippen LogP contribution in [0.25, 0.3) is 0 Å². The first-order valence-corrected chi connectivity index (χ1v) is 15.7. The quantitative estimate of drug-likeness (QED) is 0.147. The molecule has 0 radical (unpaired) electrons. The second-order valence-corrected chi connectivity index (χ2v) is 13.0. The lowest BCUT2D eigenvalue weighted by molar-refractivity contribution is 0.0813. The second kappa shape index (κ2) is 11.4. The maximum atomic E-state index is 13.1. The van der Waals surface area contributed by atoms with E-state index >= 15 is 0 Å². The molecule has 6 N–H and O–H groups in total. The summed E-state index contributed by atoms with van der Waals surface area (Å²) < 4.78 is 49.3. The van der Waals surface area contributed by atoms with Crippen LogP contribution in [0.15, 0.2) is 89.4 Å². The summed E-state index contributed by atoms with van der Waals surface area (Å²) >= 11 is 0. The summed E-state index contributed by atoms with van der Waals surface area (Å²) in [6.07, 6.45) is 3.08. The number of rotatable bonds is 3. The highest BCUT2D eigenvalue weighted by molar-refractivity contribution is 7.86. The Morgan fingerprint density at radius 3 is 2.21 bits per heavy atom. The van der Waals surface area contributed by atoms with Crippen LogP contribution in [0.2, 0.25) is 0 Å². The summed E-state index contributed by atoms with van der Waals surface area (Å²) in [6, 6.07) is 22.1. The van der Waals surface area contributed by atoms with Crippen LogP contribution in [0.1, 0.15) is 59.8 Å². The topological polar surface area (TPSA) is 157 Å². The average molecular weight is 590 g/mol. The van der Waals surface area contributed by atoms with Gasteiger partial charge >= 0.3 is 0 Å². The summed E-state index contributed by atoms with van der Waals surface area (Å²) in [6.45, 7) is 0.498. The molecular formula is C32H35N3O6S. The molecule has 3 aromatic carbocycles. The normalized spacial score (nSPS) is 27.4.